The first kappa shape index (κ1) is 11.0. The number of rotatable bonds is 4. The van der Waals surface area contributed by atoms with Crippen LogP contribution in [0.2, 0.25) is 0 Å². The van der Waals surface area contributed by atoms with E-state index in [1.54, 1.807) is 0 Å². The van der Waals surface area contributed by atoms with E-state index in [9.17, 15) is 0 Å². The normalized spacial score (nSPS) is 11.8. The van der Waals surface area contributed by atoms with E-state index in [1.807, 2.05) is 30.4 Å². The average Bonchev–Trinajstić information content (AvgIpc) is 2.27. The molecule has 1 atom stereocenters. The number of halogens is 1. The summed E-state index contributed by atoms with van der Waals surface area (Å²) in [6.45, 7) is 11.3. The maximum absolute atomic E-state index is 3.78. The summed E-state index contributed by atoms with van der Waals surface area (Å²) < 4.78 is 0. The second kappa shape index (κ2) is 4.97. The molecular formula is C13H13Br. The first-order valence-corrected chi connectivity index (χ1v) is 5.30. The SMILES string of the molecule is C=Cc1ccc(C=C)c(C(Br)C=C)c1. The molecule has 0 saturated carbocycles. The Hall–Kier alpha value is -1.08. The van der Waals surface area contributed by atoms with Gasteiger partial charge in [0, 0.05) is 0 Å². The topological polar surface area (TPSA) is 0 Å². The van der Waals surface area contributed by atoms with Crippen molar-refractivity contribution < 1.29 is 0 Å². The molecular weight excluding hydrogens is 236 g/mol. The number of allylic oxidation sites excluding steroid dienone is 1. The molecule has 0 nitrogen and oxygen atoms in total. The molecule has 1 unspecified atom stereocenters. The predicted octanol–water partition coefficient (Wildman–Crippen LogP) is 4.59. The van der Waals surface area contributed by atoms with E-state index < -0.39 is 0 Å². The van der Waals surface area contributed by atoms with Gasteiger partial charge in [0.2, 0.25) is 0 Å². The number of alkyl halides is 1. The Balaban J connectivity index is 3.27. The van der Waals surface area contributed by atoms with E-state index in [4.69, 9.17) is 0 Å². The monoisotopic (exact) mass is 248 g/mol. The van der Waals surface area contributed by atoms with Crippen LogP contribution in [0.15, 0.2) is 44.0 Å². The molecule has 1 rings (SSSR count). The highest BCUT2D eigenvalue weighted by atomic mass is 79.9. The van der Waals surface area contributed by atoms with Gasteiger partial charge >= 0.3 is 0 Å². The number of hydrogen-bond acceptors (Lipinski definition) is 0. The quantitative estimate of drug-likeness (QED) is 0.540. The first-order chi connectivity index (χ1) is 6.72. The van der Waals surface area contributed by atoms with Gasteiger partial charge in [-0.2, -0.15) is 0 Å². The molecule has 0 aliphatic carbocycles. The van der Waals surface area contributed by atoms with Crippen molar-refractivity contribution in [3.05, 3.63) is 60.7 Å². The van der Waals surface area contributed by atoms with Crippen molar-refractivity contribution in [3.8, 4) is 0 Å². The zero-order valence-corrected chi connectivity index (χ0v) is 9.63. The van der Waals surface area contributed by atoms with Crippen molar-refractivity contribution >= 4 is 28.1 Å². The van der Waals surface area contributed by atoms with Crippen molar-refractivity contribution in [1.29, 1.82) is 0 Å². The average molecular weight is 249 g/mol. The Bertz CT molecular complexity index is 363. The Labute approximate surface area is 93.8 Å². The zero-order valence-electron chi connectivity index (χ0n) is 8.04. The van der Waals surface area contributed by atoms with Crippen LogP contribution in [0.1, 0.15) is 21.5 Å². The van der Waals surface area contributed by atoms with Gasteiger partial charge in [-0.1, -0.05) is 59.4 Å². The summed E-state index contributed by atoms with van der Waals surface area (Å²) in [5.41, 5.74) is 3.40. The lowest BCUT2D eigenvalue weighted by molar-refractivity contribution is 1.24. The molecule has 0 saturated heterocycles. The maximum Gasteiger partial charge on any atom is 0.0578 e. The molecule has 0 bridgehead atoms. The molecule has 0 radical (unpaired) electrons. The summed E-state index contributed by atoms with van der Waals surface area (Å²) in [6, 6.07) is 6.15. The van der Waals surface area contributed by atoms with Crippen LogP contribution >= 0.6 is 15.9 Å². The lowest BCUT2D eigenvalue weighted by atomic mass is 10.0. The minimum atomic E-state index is 0.162. The standard InChI is InChI=1S/C13H13Br/c1-4-10-7-8-11(5-2)12(9-10)13(14)6-3/h4-9,13H,1-3H2. The fourth-order valence-electron chi connectivity index (χ4n) is 1.27. The summed E-state index contributed by atoms with van der Waals surface area (Å²) in [6.07, 6.45) is 5.54. The van der Waals surface area contributed by atoms with Crippen LogP contribution in [-0.4, -0.2) is 0 Å². The first-order valence-electron chi connectivity index (χ1n) is 4.38. The highest BCUT2D eigenvalue weighted by Gasteiger charge is 2.06. The fourth-order valence-corrected chi connectivity index (χ4v) is 1.67. The molecule has 0 aliphatic rings. The van der Waals surface area contributed by atoms with Crippen LogP contribution in [0.3, 0.4) is 0 Å². The van der Waals surface area contributed by atoms with E-state index in [2.05, 4.69) is 41.7 Å². The van der Waals surface area contributed by atoms with Gasteiger partial charge in [0.1, 0.15) is 0 Å². The second-order valence-corrected chi connectivity index (χ2v) is 3.92. The molecule has 0 fully saturated rings. The van der Waals surface area contributed by atoms with E-state index in [0.717, 1.165) is 11.1 Å². The van der Waals surface area contributed by atoms with Crippen LogP contribution in [0.4, 0.5) is 0 Å². The Morgan fingerprint density at radius 3 is 2.36 bits per heavy atom. The van der Waals surface area contributed by atoms with Crippen LogP contribution in [0.25, 0.3) is 12.2 Å². The van der Waals surface area contributed by atoms with Crippen molar-refractivity contribution in [2.45, 2.75) is 4.83 Å². The van der Waals surface area contributed by atoms with Crippen LogP contribution in [0, 0.1) is 0 Å². The van der Waals surface area contributed by atoms with Crippen LogP contribution in [-0.2, 0) is 0 Å². The third kappa shape index (κ3) is 2.24. The minimum Gasteiger partial charge on any atom is -0.102 e. The van der Waals surface area contributed by atoms with Gasteiger partial charge in [0.15, 0.2) is 0 Å². The van der Waals surface area contributed by atoms with Gasteiger partial charge in [0.05, 0.1) is 4.83 Å². The van der Waals surface area contributed by atoms with E-state index in [0.29, 0.717) is 0 Å². The van der Waals surface area contributed by atoms with Crippen LogP contribution in [0.5, 0.6) is 0 Å². The molecule has 72 valence electrons. The Kier molecular flexibility index (Phi) is 3.90. The highest BCUT2D eigenvalue weighted by molar-refractivity contribution is 9.09. The lowest BCUT2D eigenvalue weighted by Crippen LogP contribution is -1.90. The van der Waals surface area contributed by atoms with E-state index in [1.165, 1.54) is 5.56 Å². The van der Waals surface area contributed by atoms with Crippen molar-refractivity contribution in [1.82, 2.24) is 0 Å². The molecule has 1 aromatic carbocycles. The molecule has 14 heavy (non-hydrogen) atoms. The summed E-state index contributed by atoms with van der Waals surface area (Å²) in [4.78, 5) is 0.162. The molecule has 0 amide bonds. The molecule has 1 heteroatoms. The highest BCUT2D eigenvalue weighted by Crippen LogP contribution is 2.28. The Morgan fingerprint density at radius 2 is 1.86 bits per heavy atom. The number of benzene rings is 1. The molecule has 0 spiro atoms. The minimum absolute atomic E-state index is 0.162. The van der Waals surface area contributed by atoms with Crippen molar-refractivity contribution in [2.24, 2.45) is 0 Å². The summed E-state index contributed by atoms with van der Waals surface area (Å²) in [5, 5.41) is 0. The molecule has 0 N–H and O–H groups in total. The predicted molar refractivity (Wildman–Crippen MR) is 68.5 cm³/mol. The lowest BCUT2D eigenvalue weighted by Gasteiger charge is -2.10. The summed E-state index contributed by atoms with van der Waals surface area (Å²) in [5.74, 6) is 0. The smallest absolute Gasteiger partial charge is 0.0578 e. The van der Waals surface area contributed by atoms with Gasteiger partial charge < -0.3 is 0 Å². The van der Waals surface area contributed by atoms with E-state index in [-0.39, 0.29) is 4.83 Å². The van der Waals surface area contributed by atoms with Gasteiger partial charge in [-0.25, -0.2) is 0 Å². The fraction of sp³-hybridized carbons (Fsp3) is 0.0769. The van der Waals surface area contributed by atoms with Crippen molar-refractivity contribution in [3.63, 3.8) is 0 Å². The largest absolute Gasteiger partial charge is 0.102 e. The summed E-state index contributed by atoms with van der Waals surface area (Å²) in [7, 11) is 0. The number of hydrogen-bond donors (Lipinski definition) is 0. The molecule has 0 aromatic heterocycles. The van der Waals surface area contributed by atoms with E-state index >= 15 is 0 Å². The van der Waals surface area contributed by atoms with Gasteiger partial charge in [-0.05, 0) is 22.8 Å². The second-order valence-electron chi connectivity index (χ2n) is 2.93. The van der Waals surface area contributed by atoms with Gasteiger partial charge in [-0.15, -0.1) is 6.58 Å². The summed E-state index contributed by atoms with van der Waals surface area (Å²) >= 11 is 3.54. The zero-order chi connectivity index (χ0) is 10.6. The van der Waals surface area contributed by atoms with Gasteiger partial charge in [-0.3, -0.25) is 0 Å². The van der Waals surface area contributed by atoms with Crippen molar-refractivity contribution in [2.75, 3.05) is 0 Å². The third-order valence-corrected chi connectivity index (χ3v) is 2.94. The Morgan fingerprint density at radius 1 is 1.14 bits per heavy atom. The third-order valence-electron chi connectivity index (χ3n) is 2.07. The maximum atomic E-state index is 3.78. The molecule has 0 heterocycles. The van der Waals surface area contributed by atoms with Crippen LogP contribution < -0.4 is 0 Å². The molecule has 0 aliphatic heterocycles. The molecule has 1 aromatic rings. The van der Waals surface area contributed by atoms with Gasteiger partial charge in [0.25, 0.3) is 0 Å².